The fourth-order valence-electron chi connectivity index (χ4n) is 1.28. The normalized spacial score (nSPS) is 12.5. The van der Waals surface area contributed by atoms with Crippen molar-refractivity contribution in [2.45, 2.75) is 25.8 Å². The maximum absolute atomic E-state index is 5.65. The highest BCUT2D eigenvalue weighted by Gasteiger charge is 2.07. The number of hydrogen-bond donors (Lipinski definition) is 2. The highest BCUT2D eigenvalue weighted by atomic mass is 79.9. The van der Waals surface area contributed by atoms with Crippen molar-refractivity contribution in [3.8, 4) is 0 Å². The molecule has 1 aromatic heterocycles. The summed E-state index contributed by atoms with van der Waals surface area (Å²) in [6.07, 6.45) is 3.96. The zero-order valence-corrected chi connectivity index (χ0v) is 9.92. The third-order valence-electron chi connectivity index (χ3n) is 2.02. The first-order valence-corrected chi connectivity index (χ1v) is 5.64. The van der Waals surface area contributed by atoms with Crippen LogP contribution in [0.1, 0.15) is 19.8 Å². The zero-order valence-electron chi connectivity index (χ0n) is 8.33. The van der Waals surface area contributed by atoms with E-state index in [9.17, 15) is 0 Å². The van der Waals surface area contributed by atoms with Gasteiger partial charge in [0.15, 0.2) is 0 Å². The topological polar surface area (TPSA) is 50.9 Å². The monoisotopic (exact) mass is 257 g/mol. The van der Waals surface area contributed by atoms with Crippen molar-refractivity contribution in [3.05, 3.63) is 22.8 Å². The second kappa shape index (κ2) is 5.98. The number of aromatic nitrogens is 1. The van der Waals surface area contributed by atoms with E-state index in [1.54, 1.807) is 6.20 Å². The van der Waals surface area contributed by atoms with E-state index in [1.807, 2.05) is 12.1 Å². The fraction of sp³-hybridized carbons (Fsp3) is 0.500. The molecule has 3 nitrogen and oxygen atoms in total. The lowest BCUT2D eigenvalue weighted by molar-refractivity contribution is 0.645. The van der Waals surface area contributed by atoms with Gasteiger partial charge in [0.2, 0.25) is 0 Å². The van der Waals surface area contributed by atoms with Gasteiger partial charge in [0.25, 0.3) is 0 Å². The van der Waals surface area contributed by atoms with Gasteiger partial charge in [0.1, 0.15) is 5.82 Å². The van der Waals surface area contributed by atoms with E-state index in [0.717, 1.165) is 23.1 Å². The lowest BCUT2D eigenvalue weighted by Crippen LogP contribution is -2.29. The van der Waals surface area contributed by atoms with Crippen molar-refractivity contribution in [2.75, 3.05) is 11.9 Å². The Bertz CT molecular complexity index is 278. The number of anilines is 1. The van der Waals surface area contributed by atoms with E-state index < -0.39 is 0 Å². The summed E-state index contributed by atoms with van der Waals surface area (Å²) in [6, 6.07) is 4.17. The quantitative estimate of drug-likeness (QED) is 0.852. The molecule has 1 aromatic rings. The van der Waals surface area contributed by atoms with Gasteiger partial charge in [-0.3, -0.25) is 0 Å². The molecule has 1 heterocycles. The lowest BCUT2D eigenvalue weighted by Gasteiger charge is -2.17. The minimum atomic E-state index is 0.311. The Balaban J connectivity index is 2.62. The Morgan fingerprint density at radius 1 is 1.64 bits per heavy atom. The van der Waals surface area contributed by atoms with Crippen LogP contribution >= 0.6 is 15.9 Å². The van der Waals surface area contributed by atoms with Gasteiger partial charge < -0.3 is 11.1 Å². The smallest absolute Gasteiger partial charge is 0.140 e. The molecule has 3 N–H and O–H groups in total. The minimum absolute atomic E-state index is 0.311. The molecule has 14 heavy (non-hydrogen) atoms. The van der Waals surface area contributed by atoms with Gasteiger partial charge in [-0.05, 0) is 34.5 Å². The standard InChI is InChI=1S/C10H16BrN3/c1-2-4-8(7-12)14-10-9(11)5-3-6-13-10/h3,5-6,8H,2,4,7,12H2,1H3,(H,13,14). The molecule has 1 unspecified atom stereocenters. The largest absolute Gasteiger partial charge is 0.365 e. The van der Waals surface area contributed by atoms with Crippen molar-refractivity contribution in [3.63, 3.8) is 0 Å². The van der Waals surface area contributed by atoms with Crippen LogP contribution in [0.5, 0.6) is 0 Å². The maximum atomic E-state index is 5.65. The van der Waals surface area contributed by atoms with Crippen molar-refractivity contribution in [2.24, 2.45) is 5.73 Å². The first kappa shape index (κ1) is 11.5. The Morgan fingerprint density at radius 3 is 3.00 bits per heavy atom. The van der Waals surface area contributed by atoms with Crippen LogP contribution < -0.4 is 11.1 Å². The molecule has 0 fully saturated rings. The van der Waals surface area contributed by atoms with Gasteiger partial charge in [0, 0.05) is 18.8 Å². The van der Waals surface area contributed by atoms with Crippen LogP contribution in [0.2, 0.25) is 0 Å². The summed E-state index contributed by atoms with van der Waals surface area (Å²) in [5, 5.41) is 3.31. The Labute approximate surface area is 93.2 Å². The molecule has 0 saturated carbocycles. The Morgan fingerprint density at radius 2 is 2.43 bits per heavy atom. The van der Waals surface area contributed by atoms with Crippen molar-refractivity contribution >= 4 is 21.7 Å². The second-order valence-corrected chi connectivity index (χ2v) is 4.05. The lowest BCUT2D eigenvalue weighted by atomic mass is 10.2. The second-order valence-electron chi connectivity index (χ2n) is 3.20. The molecule has 1 rings (SSSR count). The fourth-order valence-corrected chi connectivity index (χ4v) is 1.65. The van der Waals surface area contributed by atoms with Crippen LogP contribution in [0.25, 0.3) is 0 Å². The van der Waals surface area contributed by atoms with E-state index in [0.29, 0.717) is 12.6 Å². The van der Waals surface area contributed by atoms with Crippen molar-refractivity contribution in [1.29, 1.82) is 0 Å². The number of rotatable bonds is 5. The molecular weight excluding hydrogens is 242 g/mol. The summed E-state index contributed by atoms with van der Waals surface area (Å²) in [5.41, 5.74) is 5.65. The van der Waals surface area contributed by atoms with Gasteiger partial charge in [-0.2, -0.15) is 0 Å². The summed E-state index contributed by atoms with van der Waals surface area (Å²) in [4.78, 5) is 4.23. The summed E-state index contributed by atoms with van der Waals surface area (Å²) < 4.78 is 0.981. The molecule has 0 saturated heterocycles. The van der Waals surface area contributed by atoms with Crippen LogP contribution in [0.4, 0.5) is 5.82 Å². The molecule has 0 aliphatic rings. The summed E-state index contributed by atoms with van der Waals surface area (Å²) in [7, 11) is 0. The van der Waals surface area contributed by atoms with E-state index in [2.05, 4.69) is 33.2 Å². The predicted octanol–water partition coefficient (Wildman–Crippen LogP) is 2.38. The number of halogens is 1. The van der Waals surface area contributed by atoms with E-state index in [4.69, 9.17) is 5.73 Å². The Hall–Kier alpha value is -0.610. The molecule has 0 radical (unpaired) electrons. The first-order chi connectivity index (χ1) is 6.77. The molecular formula is C10H16BrN3. The van der Waals surface area contributed by atoms with E-state index in [-0.39, 0.29) is 0 Å². The molecule has 0 aromatic carbocycles. The first-order valence-electron chi connectivity index (χ1n) is 4.85. The third-order valence-corrected chi connectivity index (χ3v) is 2.66. The maximum Gasteiger partial charge on any atom is 0.140 e. The highest BCUT2D eigenvalue weighted by molar-refractivity contribution is 9.10. The van der Waals surface area contributed by atoms with E-state index >= 15 is 0 Å². The molecule has 4 heteroatoms. The van der Waals surface area contributed by atoms with Crippen molar-refractivity contribution < 1.29 is 0 Å². The minimum Gasteiger partial charge on any atom is -0.365 e. The number of pyridine rings is 1. The predicted molar refractivity (Wildman–Crippen MR) is 63.3 cm³/mol. The summed E-state index contributed by atoms with van der Waals surface area (Å²) in [6.45, 7) is 2.79. The Kier molecular flexibility index (Phi) is 4.90. The SMILES string of the molecule is CCCC(CN)Nc1ncccc1Br. The van der Waals surface area contributed by atoms with Gasteiger partial charge >= 0.3 is 0 Å². The molecule has 0 aliphatic carbocycles. The van der Waals surface area contributed by atoms with Crippen molar-refractivity contribution in [1.82, 2.24) is 4.98 Å². The van der Waals surface area contributed by atoms with Gasteiger partial charge in [0.05, 0.1) is 4.47 Å². The van der Waals surface area contributed by atoms with Crippen LogP contribution in [0.15, 0.2) is 22.8 Å². The van der Waals surface area contributed by atoms with E-state index in [1.165, 1.54) is 0 Å². The highest BCUT2D eigenvalue weighted by Crippen LogP contribution is 2.19. The molecule has 0 bridgehead atoms. The zero-order chi connectivity index (χ0) is 10.4. The van der Waals surface area contributed by atoms with Gasteiger partial charge in [-0.25, -0.2) is 4.98 Å². The number of hydrogen-bond acceptors (Lipinski definition) is 3. The molecule has 0 aliphatic heterocycles. The molecule has 0 amide bonds. The van der Waals surface area contributed by atoms with Crippen LogP contribution in [0, 0.1) is 0 Å². The van der Waals surface area contributed by atoms with Crippen LogP contribution in [-0.2, 0) is 0 Å². The molecule has 78 valence electrons. The number of nitrogens with zero attached hydrogens (tertiary/aromatic N) is 1. The molecule has 0 spiro atoms. The summed E-state index contributed by atoms with van der Waals surface area (Å²) >= 11 is 3.44. The van der Waals surface area contributed by atoms with Gasteiger partial charge in [-0.1, -0.05) is 13.3 Å². The van der Waals surface area contributed by atoms with Crippen LogP contribution in [0.3, 0.4) is 0 Å². The third kappa shape index (κ3) is 3.27. The van der Waals surface area contributed by atoms with Gasteiger partial charge in [-0.15, -0.1) is 0 Å². The van der Waals surface area contributed by atoms with Crippen LogP contribution in [-0.4, -0.2) is 17.6 Å². The average molecular weight is 258 g/mol. The number of nitrogens with two attached hydrogens (primary N) is 1. The summed E-state index contributed by atoms with van der Waals surface area (Å²) in [5.74, 6) is 0.872. The molecule has 1 atom stereocenters. The number of nitrogens with one attached hydrogen (secondary N) is 1. The average Bonchev–Trinajstić information content (AvgIpc) is 2.20.